The Kier molecular flexibility index (Phi) is 11.3. The van der Waals surface area contributed by atoms with E-state index in [0.29, 0.717) is 30.4 Å². The Hall–Kier alpha value is -4.60. The molecule has 1 aromatic carbocycles. The lowest BCUT2D eigenvalue weighted by atomic mass is 9.91. The maximum atomic E-state index is 14.6. The van der Waals surface area contributed by atoms with Gasteiger partial charge in [0, 0.05) is 38.0 Å². The van der Waals surface area contributed by atoms with E-state index in [1.165, 1.54) is 20.8 Å². The molecule has 3 heterocycles. The van der Waals surface area contributed by atoms with Crippen LogP contribution >= 0.6 is 0 Å². The quantitative estimate of drug-likeness (QED) is 0.245. The molecule has 16 heteroatoms. The Morgan fingerprint density at radius 3 is 2.49 bits per heavy atom. The van der Waals surface area contributed by atoms with Crippen molar-refractivity contribution in [2.45, 2.75) is 108 Å². The number of hydrogen-bond donors (Lipinski definition) is 1. The van der Waals surface area contributed by atoms with Crippen molar-refractivity contribution in [3.8, 4) is 0 Å². The Bertz CT molecular complexity index is 1910. The van der Waals surface area contributed by atoms with E-state index in [2.05, 4.69) is 11.3 Å². The Balaban J connectivity index is 1.30. The number of esters is 1. The molecule has 0 spiro atoms. The summed E-state index contributed by atoms with van der Waals surface area (Å²) in [5.41, 5.74) is -1.26. The van der Waals surface area contributed by atoms with E-state index in [0.717, 1.165) is 6.08 Å². The highest BCUT2D eigenvalue weighted by Gasteiger charge is 2.61. The van der Waals surface area contributed by atoms with E-state index >= 15 is 0 Å². The average molecular weight is 785 g/mol. The van der Waals surface area contributed by atoms with Crippen LogP contribution in [0.1, 0.15) is 83.3 Å². The number of Topliss-reactive ketones (excluding diaryl/α,β-unsaturated/α-hetero) is 1. The number of hydrogen-bond acceptors (Lipinski definition) is 10. The topological polar surface area (TPSA) is 177 Å². The van der Waals surface area contributed by atoms with Gasteiger partial charge in [-0.15, -0.1) is 0 Å². The summed E-state index contributed by atoms with van der Waals surface area (Å²) < 4.78 is 53.8. The van der Waals surface area contributed by atoms with Crippen LogP contribution in [0.25, 0.3) is 0 Å². The molecule has 1 N–H and O–H groups in total. The van der Waals surface area contributed by atoms with Gasteiger partial charge in [-0.2, -0.15) is 0 Å². The van der Waals surface area contributed by atoms with Gasteiger partial charge in [0.25, 0.3) is 0 Å². The zero-order valence-electron chi connectivity index (χ0n) is 31.5. The normalized spacial score (nSPS) is 27.8. The maximum absolute atomic E-state index is 14.6. The van der Waals surface area contributed by atoms with Crippen molar-refractivity contribution in [1.82, 2.24) is 19.4 Å². The van der Waals surface area contributed by atoms with Crippen molar-refractivity contribution < 1.29 is 51.0 Å². The molecule has 14 nitrogen and oxygen atoms in total. The van der Waals surface area contributed by atoms with E-state index in [4.69, 9.17) is 9.47 Å². The van der Waals surface area contributed by atoms with E-state index < -0.39 is 91.7 Å². The van der Waals surface area contributed by atoms with Crippen LogP contribution in [0.2, 0.25) is 0 Å². The highest BCUT2D eigenvalue weighted by Crippen LogP contribution is 2.57. The van der Waals surface area contributed by atoms with Crippen LogP contribution in [-0.2, 0) is 56.6 Å². The number of sulfonamides is 1. The third-order valence-electron chi connectivity index (χ3n) is 11.0. The number of nitrogens with zero attached hydrogens (tertiary/aromatic N) is 3. The largest absolute Gasteiger partial charge is 0.460 e. The van der Waals surface area contributed by atoms with Crippen molar-refractivity contribution in [2.75, 3.05) is 19.6 Å². The van der Waals surface area contributed by atoms with Gasteiger partial charge >= 0.3 is 12.1 Å². The number of halogens is 1. The first-order valence-corrected chi connectivity index (χ1v) is 20.4. The minimum atomic E-state index is -3.94. The predicted octanol–water partition coefficient (Wildman–Crippen LogP) is 3.53. The van der Waals surface area contributed by atoms with Crippen LogP contribution < -0.4 is 4.72 Å². The highest BCUT2D eigenvalue weighted by atomic mass is 32.2. The van der Waals surface area contributed by atoms with Gasteiger partial charge in [-0.3, -0.25) is 33.6 Å². The molecule has 0 bridgehead atoms. The molecule has 0 radical (unpaired) electrons. The van der Waals surface area contributed by atoms with E-state index in [-0.39, 0.29) is 64.8 Å². The summed E-state index contributed by atoms with van der Waals surface area (Å²) in [6.07, 6.45) is 3.53. The standard InChI is InChI=1S/C39H49FN4O10S/c1-5-33(46)42-15-7-6-10-26-19-39(26,36(49)41-55(51,52)28-12-13-28)20-32(45)31-18-27(53-37(50)43-21-25-9-8-11-30(40)29(25)23-43)22-44(31)35(48)24(14-16-42)17-34(47)54-38(2,3)4/h5-6,8-11,24,26-28,31H,1,7,12-23H2,2-4H3,(H,41,49)/b10-6-/t24-,26-,27?,31+,39-/m1/s1. The fourth-order valence-corrected chi connectivity index (χ4v) is 9.19. The van der Waals surface area contributed by atoms with Crippen LogP contribution in [-0.4, -0.2) is 101 Å². The van der Waals surface area contributed by atoms with Gasteiger partial charge in [0.05, 0.1) is 42.1 Å². The van der Waals surface area contributed by atoms with Crippen LogP contribution in [0.3, 0.4) is 0 Å². The van der Waals surface area contributed by atoms with Crippen LogP contribution in [0.15, 0.2) is 43.0 Å². The van der Waals surface area contributed by atoms with Gasteiger partial charge in [-0.05, 0) is 76.5 Å². The number of fused-ring (bicyclic) bond motifs is 3. The van der Waals surface area contributed by atoms with Crippen molar-refractivity contribution in [3.63, 3.8) is 0 Å². The fraction of sp³-hybridized carbons (Fsp3) is 0.590. The summed E-state index contributed by atoms with van der Waals surface area (Å²) in [4.78, 5) is 86.4. The van der Waals surface area contributed by atoms with Crippen LogP contribution in [0.4, 0.5) is 9.18 Å². The molecule has 3 aliphatic heterocycles. The molecular weight excluding hydrogens is 736 g/mol. The highest BCUT2D eigenvalue weighted by molar-refractivity contribution is 7.90. The Morgan fingerprint density at radius 1 is 1.07 bits per heavy atom. The first-order valence-electron chi connectivity index (χ1n) is 18.8. The first-order chi connectivity index (χ1) is 25.9. The number of amides is 4. The average Bonchev–Trinajstić information content (AvgIpc) is 3.99. The van der Waals surface area contributed by atoms with Crippen molar-refractivity contribution in [1.29, 1.82) is 0 Å². The van der Waals surface area contributed by atoms with E-state index in [1.54, 1.807) is 45.1 Å². The first kappa shape index (κ1) is 40.1. The molecule has 5 aliphatic rings. The number of carbonyl (C=O) groups excluding carboxylic acids is 6. The number of carbonyl (C=O) groups is 6. The smallest absolute Gasteiger partial charge is 0.410 e. The molecule has 1 saturated heterocycles. The number of allylic oxidation sites excluding steroid dienone is 1. The van der Waals surface area contributed by atoms with Gasteiger partial charge in [-0.1, -0.05) is 30.9 Å². The summed E-state index contributed by atoms with van der Waals surface area (Å²) in [5.74, 6) is -4.95. The molecular formula is C39H49FN4O10S. The molecule has 4 amide bonds. The second kappa shape index (κ2) is 15.5. The second-order valence-corrected chi connectivity index (χ2v) is 18.3. The predicted molar refractivity (Wildman–Crippen MR) is 195 cm³/mol. The molecule has 6 rings (SSSR count). The van der Waals surface area contributed by atoms with E-state index in [9.17, 15) is 41.6 Å². The zero-order valence-corrected chi connectivity index (χ0v) is 32.3. The minimum Gasteiger partial charge on any atom is -0.460 e. The number of ketones is 1. The molecule has 2 saturated carbocycles. The van der Waals surface area contributed by atoms with Crippen LogP contribution in [0.5, 0.6) is 0 Å². The van der Waals surface area contributed by atoms with E-state index in [1.807, 2.05) is 0 Å². The molecule has 298 valence electrons. The molecule has 55 heavy (non-hydrogen) atoms. The lowest BCUT2D eigenvalue weighted by Crippen LogP contribution is -2.47. The number of nitrogens with one attached hydrogen (secondary N) is 1. The van der Waals surface area contributed by atoms with Gasteiger partial charge in [0.1, 0.15) is 17.5 Å². The molecule has 0 aromatic heterocycles. The fourth-order valence-electron chi connectivity index (χ4n) is 7.81. The van der Waals surface area contributed by atoms with Crippen LogP contribution in [0, 0.1) is 23.1 Å². The maximum Gasteiger partial charge on any atom is 0.410 e. The van der Waals surface area contributed by atoms with Crippen molar-refractivity contribution in [2.24, 2.45) is 17.3 Å². The zero-order chi connectivity index (χ0) is 39.9. The van der Waals surface area contributed by atoms with Gasteiger partial charge in [0.2, 0.25) is 27.7 Å². The number of rotatable bonds is 7. The number of ether oxygens (including phenoxy) is 2. The lowest BCUT2D eigenvalue weighted by Gasteiger charge is -2.30. The molecule has 1 unspecified atom stereocenters. The van der Waals surface area contributed by atoms with Crippen molar-refractivity contribution >= 4 is 45.6 Å². The lowest BCUT2D eigenvalue weighted by molar-refractivity contribution is -0.159. The third-order valence-corrected chi connectivity index (χ3v) is 12.8. The van der Waals surface area contributed by atoms with Gasteiger partial charge < -0.3 is 19.3 Å². The SMILES string of the molecule is C=CC(=O)N1CC/C=C\[C@@H]2C[C@@]2(C(=O)NS(=O)(=O)C2CC2)CC(=O)[C@@H]2CC(OC(=O)N3Cc4cccc(F)c4C3)CN2C(=O)[C@@H](CC(=O)OC(C)(C)C)CC1. The third kappa shape index (κ3) is 9.11. The van der Waals surface area contributed by atoms with Crippen molar-refractivity contribution in [3.05, 3.63) is 60.0 Å². The monoisotopic (exact) mass is 784 g/mol. The van der Waals surface area contributed by atoms with Gasteiger partial charge in [-0.25, -0.2) is 17.6 Å². The minimum absolute atomic E-state index is 0.0211. The number of benzene rings is 1. The molecule has 3 fully saturated rings. The summed E-state index contributed by atoms with van der Waals surface area (Å²) >= 11 is 0. The molecule has 5 atom stereocenters. The summed E-state index contributed by atoms with van der Waals surface area (Å²) in [5, 5.41) is -0.674. The molecule has 2 aliphatic carbocycles. The second-order valence-electron chi connectivity index (χ2n) is 16.3. The summed E-state index contributed by atoms with van der Waals surface area (Å²) in [6, 6.07) is 3.39. The Morgan fingerprint density at radius 2 is 1.82 bits per heavy atom. The molecule has 1 aromatic rings. The summed E-state index contributed by atoms with van der Waals surface area (Å²) in [6.45, 7) is 8.84. The Labute approximate surface area is 320 Å². The van der Waals surface area contributed by atoms with Gasteiger partial charge in [0.15, 0.2) is 5.78 Å². The summed E-state index contributed by atoms with van der Waals surface area (Å²) in [7, 11) is -3.94.